The number of thiazole rings is 1. The smallest absolute Gasteiger partial charge is 0.347 e. The molecule has 0 saturated heterocycles. The number of ether oxygens (including phenoxy) is 1. The van der Waals surface area contributed by atoms with Crippen LogP contribution in [0.2, 0.25) is 5.02 Å². The number of benzene rings is 3. The number of aromatic nitrogens is 3. The third-order valence-corrected chi connectivity index (χ3v) is 7.80. The van der Waals surface area contributed by atoms with Crippen LogP contribution in [0.25, 0.3) is 43.0 Å². The van der Waals surface area contributed by atoms with Crippen molar-refractivity contribution in [1.82, 2.24) is 14.5 Å². The average Bonchev–Trinajstić information content (AvgIpc) is 3.32. The number of fused-ring (bicyclic) bond motifs is 1. The molecular formula is C31H28ClN3O4S. The van der Waals surface area contributed by atoms with Crippen molar-refractivity contribution >= 4 is 39.1 Å². The molecule has 0 radical (unpaired) electrons. The monoisotopic (exact) mass is 573 g/mol. The number of hydrogen-bond donors (Lipinski definition) is 1. The molecule has 40 heavy (non-hydrogen) atoms. The Hall–Kier alpha value is -3.85. The van der Waals surface area contributed by atoms with Crippen LogP contribution < -0.4 is 5.69 Å². The Kier molecular flexibility index (Phi) is 7.35. The summed E-state index contributed by atoms with van der Waals surface area (Å²) in [5.41, 5.74) is 5.34. The summed E-state index contributed by atoms with van der Waals surface area (Å²) in [6.45, 7) is 7.42. The zero-order chi connectivity index (χ0) is 28.8. The third kappa shape index (κ3) is 5.56. The summed E-state index contributed by atoms with van der Waals surface area (Å²) >= 11 is 7.70. The molecule has 0 spiro atoms. The van der Waals surface area contributed by atoms with Gasteiger partial charge in [-0.25, -0.2) is 19.6 Å². The quantitative estimate of drug-likeness (QED) is 0.229. The van der Waals surface area contributed by atoms with Gasteiger partial charge in [0.25, 0.3) is 0 Å². The van der Waals surface area contributed by atoms with Gasteiger partial charge >= 0.3 is 11.7 Å². The molecule has 1 atom stereocenters. The second-order valence-corrected chi connectivity index (χ2v) is 12.1. The minimum atomic E-state index is -1.18. The maximum atomic E-state index is 12.6. The maximum absolute atomic E-state index is 12.6. The lowest BCUT2D eigenvalue weighted by atomic mass is 9.91. The fourth-order valence-electron chi connectivity index (χ4n) is 4.66. The van der Waals surface area contributed by atoms with Crippen LogP contribution in [0.1, 0.15) is 38.0 Å². The summed E-state index contributed by atoms with van der Waals surface area (Å²) in [5.74, 6) is -1.06. The van der Waals surface area contributed by atoms with E-state index in [1.807, 2.05) is 70.2 Å². The Morgan fingerprint density at radius 1 is 1.05 bits per heavy atom. The summed E-state index contributed by atoms with van der Waals surface area (Å²) in [6.07, 6.45) is 2.14. The first-order chi connectivity index (χ1) is 18.9. The van der Waals surface area contributed by atoms with E-state index in [9.17, 15) is 14.7 Å². The van der Waals surface area contributed by atoms with E-state index in [0.717, 1.165) is 48.6 Å². The fraction of sp³-hybridized carbons (Fsp3) is 0.226. The minimum absolute atomic E-state index is 0.318. The number of carbonyl (C=O) groups is 1. The molecule has 3 aromatic carbocycles. The lowest BCUT2D eigenvalue weighted by Gasteiger charge is -2.28. The van der Waals surface area contributed by atoms with Crippen LogP contribution in [-0.4, -0.2) is 31.2 Å². The molecule has 9 heteroatoms. The molecule has 1 N–H and O–H groups in total. The van der Waals surface area contributed by atoms with Crippen LogP contribution in [0.15, 0.2) is 71.8 Å². The van der Waals surface area contributed by atoms with Crippen LogP contribution in [0.4, 0.5) is 0 Å². The van der Waals surface area contributed by atoms with E-state index in [1.165, 1.54) is 15.9 Å². The second kappa shape index (κ2) is 10.6. The molecule has 0 aliphatic rings. The van der Waals surface area contributed by atoms with Gasteiger partial charge in [-0.2, -0.15) is 0 Å². The van der Waals surface area contributed by atoms with Gasteiger partial charge in [0.15, 0.2) is 6.10 Å². The van der Waals surface area contributed by atoms with Crippen molar-refractivity contribution in [2.45, 2.75) is 39.4 Å². The number of carboxylic acid groups (broad SMARTS) is 1. The first kappa shape index (κ1) is 27.7. The fourth-order valence-corrected chi connectivity index (χ4v) is 5.90. The van der Waals surface area contributed by atoms with Crippen molar-refractivity contribution in [2.75, 3.05) is 0 Å². The van der Waals surface area contributed by atoms with Crippen LogP contribution in [-0.2, 0) is 16.6 Å². The molecule has 2 heterocycles. The van der Waals surface area contributed by atoms with E-state index < -0.39 is 17.7 Å². The van der Waals surface area contributed by atoms with Gasteiger partial charge in [0.05, 0.1) is 15.8 Å². The number of aryl methyl sites for hydroxylation is 2. The number of aliphatic carboxylic acids is 1. The molecule has 204 valence electrons. The van der Waals surface area contributed by atoms with E-state index in [4.69, 9.17) is 21.3 Å². The highest BCUT2D eigenvalue weighted by atomic mass is 35.5. The first-order valence-corrected chi connectivity index (χ1v) is 13.8. The molecule has 0 unspecified atom stereocenters. The van der Waals surface area contributed by atoms with Gasteiger partial charge in [-0.3, -0.25) is 0 Å². The normalized spacial score (nSPS) is 12.6. The number of hydrogen-bond acceptors (Lipinski definition) is 6. The van der Waals surface area contributed by atoms with Gasteiger partial charge in [-0.1, -0.05) is 41.9 Å². The Labute approximate surface area is 240 Å². The summed E-state index contributed by atoms with van der Waals surface area (Å²) in [4.78, 5) is 33.2. The maximum Gasteiger partial charge on any atom is 0.347 e. The Balaban J connectivity index is 1.73. The minimum Gasteiger partial charge on any atom is -0.479 e. The summed E-state index contributed by atoms with van der Waals surface area (Å²) in [5, 5.41) is 11.6. The summed E-state index contributed by atoms with van der Waals surface area (Å²) in [7, 11) is 1.67. The van der Waals surface area contributed by atoms with E-state index in [1.54, 1.807) is 31.6 Å². The van der Waals surface area contributed by atoms with Crippen LogP contribution in [0, 0.1) is 6.92 Å². The van der Waals surface area contributed by atoms with Gasteiger partial charge in [-0.15, -0.1) is 11.3 Å². The van der Waals surface area contributed by atoms with E-state index >= 15 is 0 Å². The van der Waals surface area contributed by atoms with Crippen molar-refractivity contribution in [3.05, 3.63) is 93.6 Å². The predicted octanol–water partition coefficient (Wildman–Crippen LogP) is 7.29. The Morgan fingerprint density at radius 2 is 1.75 bits per heavy atom. The largest absolute Gasteiger partial charge is 0.479 e. The van der Waals surface area contributed by atoms with Crippen molar-refractivity contribution in [1.29, 1.82) is 0 Å². The second-order valence-electron chi connectivity index (χ2n) is 10.6. The summed E-state index contributed by atoms with van der Waals surface area (Å²) < 4.78 is 8.41. The van der Waals surface area contributed by atoms with Crippen LogP contribution in [0.5, 0.6) is 0 Å². The molecule has 7 nitrogen and oxygen atoms in total. The molecule has 0 fully saturated rings. The van der Waals surface area contributed by atoms with E-state index in [-0.39, 0.29) is 5.69 Å². The van der Waals surface area contributed by atoms with Crippen LogP contribution in [0.3, 0.4) is 0 Å². The van der Waals surface area contributed by atoms with Gasteiger partial charge in [0.1, 0.15) is 5.01 Å². The highest BCUT2D eigenvalue weighted by Crippen LogP contribution is 2.44. The Bertz CT molecular complexity index is 1800. The Morgan fingerprint density at radius 3 is 2.40 bits per heavy atom. The predicted molar refractivity (Wildman–Crippen MR) is 160 cm³/mol. The molecule has 0 saturated carbocycles. The highest BCUT2D eigenvalue weighted by Gasteiger charge is 2.32. The molecule has 0 bridgehead atoms. The molecule has 0 aliphatic carbocycles. The molecule has 2 aromatic heterocycles. The third-order valence-electron chi connectivity index (χ3n) is 6.41. The van der Waals surface area contributed by atoms with Gasteiger partial charge in [0, 0.05) is 46.7 Å². The van der Waals surface area contributed by atoms with Gasteiger partial charge < -0.3 is 14.4 Å². The number of rotatable bonds is 6. The molecule has 5 aromatic rings. The number of carboxylic acids is 1. The van der Waals surface area contributed by atoms with Crippen molar-refractivity contribution < 1.29 is 14.6 Å². The zero-order valence-corrected chi connectivity index (χ0v) is 24.3. The van der Waals surface area contributed by atoms with Crippen molar-refractivity contribution in [2.24, 2.45) is 7.05 Å². The number of nitrogens with zero attached hydrogens (tertiary/aromatic N) is 3. The van der Waals surface area contributed by atoms with E-state index in [2.05, 4.69) is 4.98 Å². The van der Waals surface area contributed by atoms with Crippen molar-refractivity contribution in [3.8, 4) is 32.8 Å². The summed E-state index contributed by atoms with van der Waals surface area (Å²) in [6, 6.07) is 17.2. The molecule has 0 aliphatic heterocycles. The zero-order valence-electron chi connectivity index (χ0n) is 22.7. The molecular weight excluding hydrogens is 546 g/mol. The first-order valence-electron chi connectivity index (χ1n) is 12.7. The number of halogens is 1. The standard InChI is InChI=1S/C31H28ClN3O4S/c1-17-13-23-27(25(18-9-11-22(32)12-10-18)24(17)26(29(36)37)39-31(2,3)4)40-28(34-23)20-8-6-7-19(14-20)21-15-33-30(38)35(5)16-21/h6-16,26H,1-5H3,(H,36,37)/t26-/m0/s1. The lowest BCUT2D eigenvalue weighted by molar-refractivity contribution is -0.160. The lowest BCUT2D eigenvalue weighted by Crippen LogP contribution is -2.28. The molecule has 5 rings (SSSR count). The molecule has 0 amide bonds. The highest BCUT2D eigenvalue weighted by molar-refractivity contribution is 7.22. The average molecular weight is 574 g/mol. The topological polar surface area (TPSA) is 94.3 Å². The van der Waals surface area contributed by atoms with Gasteiger partial charge in [0.2, 0.25) is 0 Å². The van der Waals surface area contributed by atoms with E-state index in [0.29, 0.717) is 10.6 Å². The van der Waals surface area contributed by atoms with Crippen molar-refractivity contribution in [3.63, 3.8) is 0 Å². The van der Waals surface area contributed by atoms with Crippen LogP contribution >= 0.6 is 22.9 Å². The van der Waals surface area contributed by atoms with Gasteiger partial charge in [-0.05, 0) is 68.7 Å². The SMILES string of the molecule is Cc1cc2nc(-c3cccc(-c4cnc(=O)n(C)c4)c3)sc2c(-c2ccc(Cl)cc2)c1[C@H](OC(C)(C)C)C(=O)O.